The Balaban J connectivity index is 2.26. The first-order valence-electron chi connectivity index (χ1n) is 8.55. The molecule has 18 heavy (non-hydrogen) atoms. The molecule has 0 amide bonds. The topological polar surface area (TPSA) is 12.0 Å². The molecular weight excluding hydrogens is 218 g/mol. The molecule has 3 unspecified atom stereocenters. The van der Waals surface area contributed by atoms with Crippen LogP contribution in [0, 0.1) is 11.8 Å². The van der Waals surface area contributed by atoms with E-state index >= 15 is 0 Å². The standard InChI is InChI=1S/C17H35N/c1-4-7-8-9-10-11-16-14-15(5-2)12-13-17(16)18-6-3/h15-18H,4-14H2,1-3H3. The molecule has 1 aliphatic rings. The summed E-state index contributed by atoms with van der Waals surface area (Å²) in [7, 11) is 0. The Morgan fingerprint density at radius 2 is 1.72 bits per heavy atom. The van der Waals surface area contributed by atoms with E-state index in [0.29, 0.717) is 0 Å². The fourth-order valence-electron chi connectivity index (χ4n) is 3.59. The van der Waals surface area contributed by atoms with E-state index in [-0.39, 0.29) is 0 Å². The van der Waals surface area contributed by atoms with Crippen molar-refractivity contribution in [2.75, 3.05) is 6.54 Å². The van der Waals surface area contributed by atoms with E-state index < -0.39 is 0 Å². The van der Waals surface area contributed by atoms with Gasteiger partial charge in [-0.3, -0.25) is 0 Å². The summed E-state index contributed by atoms with van der Waals surface area (Å²) in [5, 5.41) is 3.73. The molecule has 1 rings (SSSR count). The Morgan fingerprint density at radius 1 is 0.944 bits per heavy atom. The van der Waals surface area contributed by atoms with Crippen LogP contribution in [-0.4, -0.2) is 12.6 Å². The molecule has 0 aromatic carbocycles. The lowest BCUT2D eigenvalue weighted by atomic mass is 9.75. The molecule has 1 saturated carbocycles. The fourth-order valence-corrected chi connectivity index (χ4v) is 3.59. The molecule has 0 aliphatic heterocycles. The van der Waals surface area contributed by atoms with Crippen LogP contribution in [0.4, 0.5) is 0 Å². The third-order valence-corrected chi connectivity index (χ3v) is 4.81. The maximum atomic E-state index is 3.73. The highest BCUT2D eigenvalue weighted by Gasteiger charge is 2.28. The third-order valence-electron chi connectivity index (χ3n) is 4.81. The van der Waals surface area contributed by atoms with Crippen molar-refractivity contribution in [2.45, 2.75) is 91.0 Å². The molecule has 1 N–H and O–H groups in total. The van der Waals surface area contributed by atoms with Crippen LogP contribution in [0.15, 0.2) is 0 Å². The van der Waals surface area contributed by atoms with Gasteiger partial charge in [-0.25, -0.2) is 0 Å². The molecular formula is C17H35N. The molecule has 0 aromatic heterocycles. The van der Waals surface area contributed by atoms with Gasteiger partial charge in [0.2, 0.25) is 0 Å². The number of rotatable bonds is 9. The van der Waals surface area contributed by atoms with Crippen molar-refractivity contribution in [3.63, 3.8) is 0 Å². The number of hydrogen-bond acceptors (Lipinski definition) is 1. The van der Waals surface area contributed by atoms with Gasteiger partial charge in [-0.1, -0.05) is 59.3 Å². The minimum atomic E-state index is 0.823. The third kappa shape index (κ3) is 5.73. The second kappa shape index (κ2) is 9.83. The quantitative estimate of drug-likeness (QED) is 0.560. The van der Waals surface area contributed by atoms with Crippen LogP contribution >= 0.6 is 0 Å². The van der Waals surface area contributed by atoms with Crippen LogP contribution in [0.3, 0.4) is 0 Å². The first kappa shape index (κ1) is 16.0. The van der Waals surface area contributed by atoms with Gasteiger partial charge in [0.15, 0.2) is 0 Å². The van der Waals surface area contributed by atoms with Crippen LogP contribution in [0.2, 0.25) is 0 Å². The zero-order valence-electron chi connectivity index (χ0n) is 13.0. The summed E-state index contributed by atoms with van der Waals surface area (Å²) in [4.78, 5) is 0. The summed E-state index contributed by atoms with van der Waals surface area (Å²) in [6, 6.07) is 0.823. The summed E-state index contributed by atoms with van der Waals surface area (Å²) >= 11 is 0. The van der Waals surface area contributed by atoms with Crippen molar-refractivity contribution in [1.29, 1.82) is 0 Å². The second-order valence-electron chi connectivity index (χ2n) is 6.21. The van der Waals surface area contributed by atoms with Gasteiger partial charge in [0.05, 0.1) is 0 Å². The van der Waals surface area contributed by atoms with E-state index in [0.717, 1.165) is 24.4 Å². The Bertz CT molecular complexity index is 190. The van der Waals surface area contributed by atoms with Gasteiger partial charge in [-0.05, 0) is 44.1 Å². The molecule has 1 fully saturated rings. The summed E-state index contributed by atoms with van der Waals surface area (Å²) in [5.41, 5.74) is 0. The van der Waals surface area contributed by atoms with E-state index in [9.17, 15) is 0 Å². The average Bonchev–Trinajstić information content (AvgIpc) is 2.40. The largest absolute Gasteiger partial charge is 0.314 e. The van der Waals surface area contributed by atoms with Gasteiger partial charge in [-0.15, -0.1) is 0 Å². The van der Waals surface area contributed by atoms with Crippen LogP contribution in [0.5, 0.6) is 0 Å². The summed E-state index contributed by atoms with van der Waals surface area (Å²) in [6.45, 7) is 8.07. The monoisotopic (exact) mass is 253 g/mol. The first-order valence-corrected chi connectivity index (χ1v) is 8.55. The highest BCUT2D eigenvalue weighted by atomic mass is 14.9. The van der Waals surface area contributed by atoms with Crippen molar-refractivity contribution in [1.82, 2.24) is 5.32 Å². The van der Waals surface area contributed by atoms with Crippen molar-refractivity contribution < 1.29 is 0 Å². The molecule has 1 aliphatic carbocycles. The van der Waals surface area contributed by atoms with Crippen molar-refractivity contribution in [2.24, 2.45) is 11.8 Å². The minimum Gasteiger partial charge on any atom is -0.314 e. The van der Waals surface area contributed by atoms with Crippen molar-refractivity contribution in [3.05, 3.63) is 0 Å². The zero-order valence-corrected chi connectivity index (χ0v) is 13.0. The van der Waals surface area contributed by atoms with E-state index in [2.05, 4.69) is 26.1 Å². The molecule has 1 heteroatoms. The summed E-state index contributed by atoms with van der Waals surface area (Å²) < 4.78 is 0. The maximum absolute atomic E-state index is 3.73. The lowest BCUT2D eigenvalue weighted by Crippen LogP contribution is -2.40. The molecule has 0 bridgehead atoms. The predicted molar refractivity (Wildman–Crippen MR) is 82.0 cm³/mol. The first-order chi connectivity index (χ1) is 8.81. The lowest BCUT2D eigenvalue weighted by molar-refractivity contribution is 0.188. The van der Waals surface area contributed by atoms with E-state index in [1.54, 1.807) is 0 Å². The molecule has 1 nitrogen and oxygen atoms in total. The van der Waals surface area contributed by atoms with Crippen LogP contribution < -0.4 is 5.32 Å². The van der Waals surface area contributed by atoms with E-state index in [1.165, 1.54) is 64.2 Å². The van der Waals surface area contributed by atoms with Gasteiger partial charge < -0.3 is 5.32 Å². The molecule has 108 valence electrons. The average molecular weight is 253 g/mol. The SMILES string of the molecule is CCCCCCCC1CC(CC)CCC1NCC. The smallest absolute Gasteiger partial charge is 0.00954 e. The fraction of sp³-hybridized carbons (Fsp3) is 1.00. The maximum Gasteiger partial charge on any atom is 0.00954 e. The van der Waals surface area contributed by atoms with Gasteiger partial charge in [0.25, 0.3) is 0 Å². The van der Waals surface area contributed by atoms with Crippen molar-refractivity contribution in [3.8, 4) is 0 Å². The summed E-state index contributed by atoms with van der Waals surface area (Å²) in [6.07, 6.45) is 14.4. The molecule has 0 saturated heterocycles. The number of unbranched alkanes of at least 4 members (excludes halogenated alkanes) is 4. The predicted octanol–water partition coefficient (Wildman–Crippen LogP) is 5.15. The van der Waals surface area contributed by atoms with Crippen LogP contribution in [-0.2, 0) is 0 Å². The summed E-state index contributed by atoms with van der Waals surface area (Å²) in [5.74, 6) is 1.98. The Labute approximate surface area is 115 Å². The number of nitrogens with one attached hydrogen (secondary N) is 1. The highest BCUT2D eigenvalue weighted by molar-refractivity contribution is 4.84. The lowest BCUT2D eigenvalue weighted by Gasteiger charge is -2.36. The molecule has 0 spiro atoms. The number of hydrogen-bond donors (Lipinski definition) is 1. The van der Waals surface area contributed by atoms with Gasteiger partial charge in [-0.2, -0.15) is 0 Å². The van der Waals surface area contributed by atoms with E-state index in [4.69, 9.17) is 0 Å². The van der Waals surface area contributed by atoms with Gasteiger partial charge >= 0.3 is 0 Å². The second-order valence-corrected chi connectivity index (χ2v) is 6.21. The minimum absolute atomic E-state index is 0.823. The molecule has 0 radical (unpaired) electrons. The molecule has 0 aromatic rings. The highest BCUT2D eigenvalue weighted by Crippen LogP contribution is 2.34. The van der Waals surface area contributed by atoms with Crippen molar-refractivity contribution >= 4 is 0 Å². The normalized spacial score (nSPS) is 28.5. The van der Waals surface area contributed by atoms with E-state index in [1.807, 2.05) is 0 Å². The van der Waals surface area contributed by atoms with Gasteiger partial charge in [0.1, 0.15) is 0 Å². The molecule has 0 heterocycles. The Kier molecular flexibility index (Phi) is 8.75. The molecule has 3 atom stereocenters. The Morgan fingerprint density at radius 3 is 2.39 bits per heavy atom. The van der Waals surface area contributed by atoms with Crippen LogP contribution in [0.25, 0.3) is 0 Å². The zero-order chi connectivity index (χ0) is 13.2. The van der Waals surface area contributed by atoms with Crippen LogP contribution in [0.1, 0.15) is 85.0 Å². The Hall–Kier alpha value is -0.0400. The van der Waals surface area contributed by atoms with Gasteiger partial charge in [0, 0.05) is 6.04 Å².